The first-order valence-electron chi connectivity index (χ1n) is 8.78. The number of hydrogen-bond donors (Lipinski definition) is 3. The third-order valence-electron chi connectivity index (χ3n) is 4.00. The predicted octanol–water partition coefficient (Wildman–Crippen LogP) is 3.68. The molecule has 3 rings (SSSR count). The number of hydrogen-bond acceptors (Lipinski definition) is 5. The van der Waals surface area contributed by atoms with Gasteiger partial charge in [-0.1, -0.05) is 36.4 Å². The molecule has 29 heavy (non-hydrogen) atoms. The van der Waals surface area contributed by atoms with E-state index < -0.39 is 11.8 Å². The van der Waals surface area contributed by atoms with Crippen LogP contribution < -0.4 is 10.7 Å². The lowest BCUT2D eigenvalue weighted by Crippen LogP contribution is -2.32. The summed E-state index contributed by atoms with van der Waals surface area (Å²) < 4.78 is 0. The Morgan fingerprint density at radius 2 is 1.83 bits per heavy atom. The van der Waals surface area contributed by atoms with Crippen LogP contribution in [0.2, 0.25) is 0 Å². The van der Waals surface area contributed by atoms with E-state index in [2.05, 4.69) is 15.8 Å². The van der Waals surface area contributed by atoms with Crippen LogP contribution in [-0.2, 0) is 4.79 Å². The van der Waals surface area contributed by atoms with E-state index in [1.165, 1.54) is 17.6 Å². The molecule has 2 amide bonds. The Kier molecular flexibility index (Phi) is 6.55. The minimum Gasteiger partial charge on any atom is -0.507 e. The summed E-state index contributed by atoms with van der Waals surface area (Å²) in [7, 11) is 0. The number of carbonyl (C=O) groups excluding carboxylic acids is 2. The number of phenols is 1. The minimum atomic E-state index is -0.578. The molecule has 0 aliphatic heterocycles. The van der Waals surface area contributed by atoms with Gasteiger partial charge in [0, 0.05) is 16.0 Å². The number of phenolic OH excluding ortho intramolecular Hbond substituents is 1. The highest BCUT2D eigenvalue weighted by atomic mass is 32.1. The molecule has 1 aromatic heterocycles. The van der Waals surface area contributed by atoms with Crippen molar-refractivity contribution in [3.63, 3.8) is 0 Å². The molecule has 0 radical (unpaired) electrons. The van der Waals surface area contributed by atoms with E-state index in [0.29, 0.717) is 16.7 Å². The highest BCUT2D eigenvalue weighted by molar-refractivity contribution is 7.10. The molecule has 6 nitrogen and oxygen atoms in total. The van der Waals surface area contributed by atoms with E-state index in [0.717, 1.165) is 4.88 Å². The second-order valence-electron chi connectivity index (χ2n) is 6.11. The minimum absolute atomic E-state index is 0.0620. The van der Waals surface area contributed by atoms with E-state index in [1.807, 2.05) is 17.5 Å². The van der Waals surface area contributed by atoms with Gasteiger partial charge in [0.25, 0.3) is 11.8 Å². The van der Waals surface area contributed by atoms with Crippen LogP contribution in [0.5, 0.6) is 5.75 Å². The fourth-order valence-corrected chi connectivity index (χ4v) is 3.12. The van der Waals surface area contributed by atoms with Crippen LogP contribution in [0, 0.1) is 6.92 Å². The fourth-order valence-electron chi connectivity index (χ4n) is 2.46. The average Bonchev–Trinajstić information content (AvgIpc) is 3.24. The topological polar surface area (TPSA) is 90.8 Å². The first-order valence-corrected chi connectivity index (χ1v) is 9.66. The summed E-state index contributed by atoms with van der Waals surface area (Å²) in [6.45, 7) is 1.77. The summed E-state index contributed by atoms with van der Waals surface area (Å²) in [6.07, 6.45) is 2.93. The molecule has 146 valence electrons. The summed E-state index contributed by atoms with van der Waals surface area (Å²) in [5.74, 6) is -0.882. The van der Waals surface area contributed by atoms with Crippen molar-refractivity contribution in [2.45, 2.75) is 6.92 Å². The zero-order chi connectivity index (χ0) is 20.6. The lowest BCUT2D eigenvalue weighted by atomic mass is 10.1. The molecular weight excluding hydrogens is 386 g/mol. The van der Waals surface area contributed by atoms with Crippen molar-refractivity contribution in [2.75, 3.05) is 0 Å². The van der Waals surface area contributed by atoms with Gasteiger partial charge in [0.15, 0.2) is 0 Å². The SMILES string of the molecule is Cc1cccc(C=NNC(=O)/C(=C\c2cccs2)NC(=O)c2ccccc2)c1O. The number of aromatic hydroxyl groups is 1. The van der Waals surface area contributed by atoms with Crippen LogP contribution in [0.1, 0.15) is 26.4 Å². The standard InChI is InChI=1S/C22H19N3O3S/c1-15-7-5-10-17(20(15)26)14-23-25-22(28)19(13-18-11-6-12-29-18)24-21(27)16-8-3-2-4-9-16/h2-14,26H,1H3,(H,24,27)(H,25,28)/b19-13+,23-14?. The largest absolute Gasteiger partial charge is 0.507 e. The Bertz CT molecular complexity index is 1060. The highest BCUT2D eigenvalue weighted by Crippen LogP contribution is 2.19. The number of nitrogens with one attached hydrogen (secondary N) is 2. The number of para-hydroxylation sites is 1. The monoisotopic (exact) mass is 405 g/mol. The average molecular weight is 405 g/mol. The second kappa shape index (κ2) is 9.48. The number of nitrogens with zero attached hydrogens (tertiary/aromatic N) is 1. The summed E-state index contributed by atoms with van der Waals surface area (Å²) >= 11 is 1.44. The molecule has 0 fully saturated rings. The Hall–Kier alpha value is -3.71. The maximum absolute atomic E-state index is 12.6. The van der Waals surface area contributed by atoms with Crippen LogP contribution in [0.25, 0.3) is 6.08 Å². The molecule has 0 saturated heterocycles. The number of aryl methyl sites for hydroxylation is 1. The molecule has 2 aromatic carbocycles. The Morgan fingerprint density at radius 1 is 1.03 bits per heavy atom. The third kappa shape index (κ3) is 5.40. The number of rotatable bonds is 6. The van der Waals surface area contributed by atoms with Gasteiger partial charge in [-0.15, -0.1) is 11.3 Å². The summed E-state index contributed by atoms with van der Waals surface area (Å²) in [4.78, 5) is 25.9. The summed E-state index contributed by atoms with van der Waals surface area (Å²) in [6, 6.07) is 17.5. The third-order valence-corrected chi connectivity index (χ3v) is 4.82. The Balaban J connectivity index is 1.77. The lowest BCUT2D eigenvalue weighted by molar-refractivity contribution is -0.117. The van der Waals surface area contributed by atoms with Gasteiger partial charge in [-0.2, -0.15) is 5.10 Å². The molecule has 3 aromatic rings. The smallest absolute Gasteiger partial charge is 0.287 e. The number of amides is 2. The number of carbonyl (C=O) groups is 2. The molecule has 0 saturated carbocycles. The number of hydrazone groups is 1. The predicted molar refractivity (Wildman–Crippen MR) is 115 cm³/mol. The van der Waals surface area contributed by atoms with E-state index in [1.54, 1.807) is 61.5 Å². The van der Waals surface area contributed by atoms with E-state index in [4.69, 9.17) is 0 Å². The fraction of sp³-hybridized carbons (Fsp3) is 0.0455. The van der Waals surface area contributed by atoms with Crippen LogP contribution >= 0.6 is 11.3 Å². The van der Waals surface area contributed by atoms with E-state index >= 15 is 0 Å². The number of thiophene rings is 1. The normalized spacial score (nSPS) is 11.4. The van der Waals surface area contributed by atoms with Gasteiger partial charge >= 0.3 is 0 Å². The molecule has 0 aliphatic rings. The van der Waals surface area contributed by atoms with Crippen molar-refractivity contribution in [2.24, 2.45) is 5.10 Å². The van der Waals surface area contributed by atoms with Gasteiger partial charge in [-0.05, 0) is 48.2 Å². The molecule has 0 aliphatic carbocycles. The molecule has 1 heterocycles. The zero-order valence-electron chi connectivity index (χ0n) is 15.6. The Morgan fingerprint density at radius 3 is 2.55 bits per heavy atom. The van der Waals surface area contributed by atoms with Gasteiger partial charge in [0.2, 0.25) is 0 Å². The second-order valence-corrected chi connectivity index (χ2v) is 7.08. The summed E-state index contributed by atoms with van der Waals surface area (Å²) in [5, 5.41) is 18.4. The quantitative estimate of drug-likeness (QED) is 0.332. The van der Waals surface area contributed by atoms with Gasteiger partial charge in [0.05, 0.1) is 6.21 Å². The van der Waals surface area contributed by atoms with Crippen molar-refractivity contribution in [3.05, 3.63) is 93.3 Å². The molecule has 0 bridgehead atoms. The molecule has 0 spiro atoms. The molecular formula is C22H19N3O3S. The summed E-state index contributed by atoms with van der Waals surface area (Å²) in [5.41, 5.74) is 4.06. The first kappa shape index (κ1) is 20.0. The van der Waals surface area contributed by atoms with Crippen LogP contribution in [0.15, 0.2) is 76.8 Å². The van der Waals surface area contributed by atoms with Gasteiger partial charge in [-0.3, -0.25) is 9.59 Å². The molecule has 0 atom stereocenters. The van der Waals surface area contributed by atoms with E-state index in [-0.39, 0.29) is 11.4 Å². The van der Waals surface area contributed by atoms with Gasteiger partial charge in [0.1, 0.15) is 11.4 Å². The molecule has 3 N–H and O–H groups in total. The lowest BCUT2D eigenvalue weighted by Gasteiger charge is -2.09. The molecule has 7 heteroatoms. The molecule has 0 unspecified atom stereocenters. The van der Waals surface area contributed by atoms with Crippen LogP contribution in [-0.4, -0.2) is 23.1 Å². The Labute approximate surface area is 172 Å². The highest BCUT2D eigenvalue weighted by Gasteiger charge is 2.14. The van der Waals surface area contributed by atoms with Crippen molar-refractivity contribution in [3.8, 4) is 5.75 Å². The first-order chi connectivity index (χ1) is 14.0. The van der Waals surface area contributed by atoms with Crippen LogP contribution in [0.3, 0.4) is 0 Å². The van der Waals surface area contributed by atoms with Crippen molar-refractivity contribution < 1.29 is 14.7 Å². The van der Waals surface area contributed by atoms with Gasteiger partial charge in [-0.25, -0.2) is 5.43 Å². The van der Waals surface area contributed by atoms with E-state index in [9.17, 15) is 14.7 Å². The van der Waals surface area contributed by atoms with Crippen molar-refractivity contribution in [1.29, 1.82) is 0 Å². The maximum atomic E-state index is 12.6. The van der Waals surface area contributed by atoms with Gasteiger partial charge < -0.3 is 10.4 Å². The zero-order valence-corrected chi connectivity index (χ0v) is 16.4. The maximum Gasteiger partial charge on any atom is 0.287 e. The van der Waals surface area contributed by atoms with Crippen molar-refractivity contribution >= 4 is 35.4 Å². The van der Waals surface area contributed by atoms with Crippen LogP contribution in [0.4, 0.5) is 0 Å². The van der Waals surface area contributed by atoms with Crippen molar-refractivity contribution in [1.82, 2.24) is 10.7 Å². The number of benzene rings is 2.